The zero-order valence-electron chi connectivity index (χ0n) is 11.4. The van der Waals surface area contributed by atoms with Crippen molar-refractivity contribution in [1.29, 1.82) is 0 Å². The van der Waals surface area contributed by atoms with Crippen LogP contribution in [0, 0.1) is 13.8 Å². The molecule has 2 rings (SSSR count). The third-order valence-electron chi connectivity index (χ3n) is 3.41. The molecular weight excluding hydrogens is 226 g/mol. The minimum absolute atomic E-state index is 0.0289. The molecular formula is C15H19NO2. The zero-order valence-corrected chi connectivity index (χ0v) is 11.4. The Morgan fingerprint density at radius 3 is 2.28 bits per heavy atom. The van der Waals surface area contributed by atoms with Gasteiger partial charge in [0, 0.05) is 19.2 Å². The zero-order chi connectivity index (χ0) is 13.3. The number of benzene rings is 1. The molecule has 0 fully saturated rings. The molecule has 0 amide bonds. The Kier molecular flexibility index (Phi) is 3.41. The van der Waals surface area contributed by atoms with Crippen molar-refractivity contribution in [3.63, 3.8) is 0 Å². The number of rotatable bonds is 3. The summed E-state index contributed by atoms with van der Waals surface area (Å²) in [7, 11) is 0. The van der Waals surface area contributed by atoms with Crippen LogP contribution in [0.5, 0.6) is 0 Å². The van der Waals surface area contributed by atoms with Crippen molar-refractivity contribution in [3.05, 3.63) is 39.5 Å². The van der Waals surface area contributed by atoms with E-state index in [0.29, 0.717) is 16.9 Å². The maximum Gasteiger partial charge on any atom is 0.199 e. The van der Waals surface area contributed by atoms with E-state index >= 15 is 0 Å². The highest BCUT2D eigenvalue weighted by molar-refractivity contribution is 5.79. The average Bonchev–Trinajstić information content (AvgIpc) is 2.33. The van der Waals surface area contributed by atoms with E-state index in [-0.39, 0.29) is 5.43 Å². The van der Waals surface area contributed by atoms with Gasteiger partial charge in [-0.2, -0.15) is 0 Å². The molecule has 0 spiro atoms. The third-order valence-corrected chi connectivity index (χ3v) is 3.41. The lowest BCUT2D eigenvalue weighted by Gasteiger charge is -2.19. The molecule has 0 N–H and O–H groups in total. The molecule has 0 radical (unpaired) electrons. The maximum atomic E-state index is 12.1. The van der Waals surface area contributed by atoms with Crippen molar-refractivity contribution in [2.24, 2.45) is 0 Å². The number of hydrogen-bond acceptors (Lipinski definition) is 3. The summed E-state index contributed by atoms with van der Waals surface area (Å²) in [6.07, 6.45) is 0. The van der Waals surface area contributed by atoms with Crippen LogP contribution in [0.2, 0.25) is 0 Å². The second kappa shape index (κ2) is 4.84. The molecule has 0 bridgehead atoms. The Bertz CT molecular complexity index is 624. The van der Waals surface area contributed by atoms with Crippen LogP contribution in [0.3, 0.4) is 0 Å². The molecule has 0 aliphatic heterocycles. The van der Waals surface area contributed by atoms with Crippen LogP contribution in [-0.2, 0) is 0 Å². The smallest absolute Gasteiger partial charge is 0.199 e. The number of aryl methyl sites for hydroxylation is 2. The normalized spacial score (nSPS) is 10.9. The van der Waals surface area contributed by atoms with Crippen LogP contribution in [0.15, 0.2) is 27.4 Å². The Labute approximate surface area is 107 Å². The molecule has 0 atom stereocenters. The second-order valence-electron chi connectivity index (χ2n) is 4.55. The summed E-state index contributed by atoms with van der Waals surface area (Å²) in [6.45, 7) is 9.79. The molecule has 3 heteroatoms. The van der Waals surface area contributed by atoms with Crippen molar-refractivity contribution >= 4 is 16.9 Å². The lowest BCUT2D eigenvalue weighted by Crippen LogP contribution is -2.23. The van der Waals surface area contributed by atoms with E-state index in [1.807, 2.05) is 44.7 Å². The standard InChI is InChI=1S/C15H19NO2/c1-5-16(6-2)15-9-13(17)12-7-10(3)11(4)8-14(12)18-15/h7-9H,5-6H2,1-4H3. The molecule has 1 aromatic heterocycles. The Hall–Kier alpha value is -1.77. The van der Waals surface area contributed by atoms with E-state index in [9.17, 15) is 4.79 Å². The number of hydrogen-bond donors (Lipinski definition) is 0. The molecule has 0 unspecified atom stereocenters. The third kappa shape index (κ3) is 2.13. The highest BCUT2D eigenvalue weighted by Crippen LogP contribution is 2.21. The van der Waals surface area contributed by atoms with Gasteiger partial charge < -0.3 is 9.32 Å². The van der Waals surface area contributed by atoms with Crippen LogP contribution in [0.1, 0.15) is 25.0 Å². The predicted molar refractivity (Wildman–Crippen MR) is 75.5 cm³/mol. The molecule has 1 heterocycles. The minimum Gasteiger partial charge on any atom is -0.440 e. The average molecular weight is 245 g/mol. The number of fused-ring (bicyclic) bond motifs is 1. The number of anilines is 1. The molecule has 96 valence electrons. The van der Waals surface area contributed by atoms with Crippen LogP contribution in [0.25, 0.3) is 11.0 Å². The summed E-state index contributed by atoms with van der Waals surface area (Å²) >= 11 is 0. The molecule has 3 nitrogen and oxygen atoms in total. The maximum absolute atomic E-state index is 12.1. The monoisotopic (exact) mass is 245 g/mol. The van der Waals surface area contributed by atoms with Gasteiger partial charge in [-0.1, -0.05) is 0 Å². The van der Waals surface area contributed by atoms with Crippen molar-refractivity contribution in [2.75, 3.05) is 18.0 Å². The largest absolute Gasteiger partial charge is 0.440 e. The van der Waals surface area contributed by atoms with E-state index in [4.69, 9.17) is 4.42 Å². The summed E-state index contributed by atoms with van der Waals surface area (Å²) in [5.41, 5.74) is 2.96. The highest BCUT2D eigenvalue weighted by atomic mass is 16.4. The topological polar surface area (TPSA) is 33.5 Å². The van der Waals surface area contributed by atoms with Crippen LogP contribution in [-0.4, -0.2) is 13.1 Å². The Balaban J connectivity index is 2.69. The van der Waals surface area contributed by atoms with Gasteiger partial charge in [0.1, 0.15) is 5.58 Å². The van der Waals surface area contributed by atoms with E-state index in [2.05, 4.69) is 0 Å². The van der Waals surface area contributed by atoms with Gasteiger partial charge in [-0.25, -0.2) is 0 Å². The van der Waals surface area contributed by atoms with Crippen LogP contribution < -0.4 is 10.3 Å². The first-order valence-electron chi connectivity index (χ1n) is 6.36. The quantitative estimate of drug-likeness (QED) is 0.832. The van der Waals surface area contributed by atoms with Crippen LogP contribution in [0.4, 0.5) is 5.88 Å². The second-order valence-corrected chi connectivity index (χ2v) is 4.55. The van der Waals surface area contributed by atoms with Gasteiger partial charge in [-0.05, 0) is 51.0 Å². The van der Waals surface area contributed by atoms with Gasteiger partial charge in [-0.3, -0.25) is 4.79 Å². The highest BCUT2D eigenvalue weighted by Gasteiger charge is 2.10. The number of nitrogens with zero attached hydrogens (tertiary/aromatic N) is 1. The summed E-state index contributed by atoms with van der Waals surface area (Å²) in [5.74, 6) is 0.653. The van der Waals surface area contributed by atoms with Gasteiger partial charge >= 0.3 is 0 Å². The van der Waals surface area contributed by atoms with E-state index < -0.39 is 0 Å². The lowest BCUT2D eigenvalue weighted by atomic mass is 10.1. The minimum atomic E-state index is 0.0289. The fraction of sp³-hybridized carbons (Fsp3) is 0.400. The Morgan fingerprint density at radius 1 is 1.06 bits per heavy atom. The van der Waals surface area contributed by atoms with Crippen molar-refractivity contribution in [3.8, 4) is 0 Å². The van der Waals surface area contributed by atoms with Crippen molar-refractivity contribution in [1.82, 2.24) is 0 Å². The first kappa shape index (κ1) is 12.7. The van der Waals surface area contributed by atoms with Gasteiger partial charge in [0.05, 0.1) is 5.39 Å². The molecule has 2 aromatic rings. The molecule has 0 aliphatic rings. The van der Waals surface area contributed by atoms with Gasteiger partial charge in [0.2, 0.25) is 0 Å². The summed E-state index contributed by atoms with van der Waals surface area (Å²) in [5, 5.41) is 0.661. The van der Waals surface area contributed by atoms with Crippen molar-refractivity contribution in [2.45, 2.75) is 27.7 Å². The first-order valence-corrected chi connectivity index (χ1v) is 6.36. The van der Waals surface area contributed by atoms with Crippen LogP contribution >= 0.6 is 0 Å². The molecule has 0 aliphatic carbocycles. The summed E-state index contributed by atoms with van der Waals surface area (Å²) in [4.78, 5) is 14.2. The molecule has 0 saturated heterocycles. The fourth-order valence-electron chi connectivity index (χ4n) is 2.09. The van der Waals surface area contributed by atoms with Gasteiger partial charge in [0.15, 0.2) is 11.3 Å². The predicted octanol–water partition coefficient (Wildman–Crippen LogP) is 3.26. The van der Waals surface area contributed by atoms with E-state index in [1.165, 1.54) is 0 Å². The van der Waals surface area contributed by atoms with Gasteiger partial charge in [0.25, 0.3) is 0 Å². The molecule has 18 heavy (non-hydrogen) atoms. The van der Waals surface area contributed by atoms with Gasteiger partial charge in [-0.15, -0.1) is 0 Å². The SMILES string of the molecule is CCN(CC)c1cc(=O)c2cc(C)c(C)cc2o1. The first-order chi connectivity index (χ1) is 8.56. The summed E-state index contributed by atoms with van der Waals surface area (Å²) < 4.78 is 5.85. The van der Waals surface area contributed by atoms with E-state index in [0.717, 1.165) is 24.2 Å². The fourth-order valence-corrected chi connectivity index (χ4v) is 2.09. The Morgan fingerprint density at radius 2 is 1.67 bits per heavy atom. The summed E-state index contributed by atoms with van der Waals surface area (Å²) in [6, 6.07) is 5.44. The molecule has 1 aromatic carbocycles. The van der Waals surface area contributed by atoms with Crippen molar-refractivity contribution < 1.29 is 4.42 Å². The molecule has 0 saturated carbocycles. The lowest BCUT2D eigenvalue weighted by molar-refractivity contribution is 0.578. The van der Waals surface area contributed by atoms with E-state index in [1.54, 1.807) is 6.07 Å².